The Kier molecular flexibility index (Phi) is 9.28. The third-order valence-corrected chi connectivity index (χ3v) is 3.79. The minimum absolute atomic E-state index is 0. The maximum Gasteiger partial charge on any atom is 0.344 e. The van der Waals surface area contributed by atoms with E-state index < -0.39 is 0 Å². The summed E-state index contributed by atoms with van der Waals surface area (Å²) in [6.07, 6.45) is 5.11. The van der Waals surface area contributed by atoms with Crippen molar-refractivity contribution >= 4 is 30.0 Å². The number of carbonyl (C=O) groups excluding carboxylic acids is 1. The van der Waals surface area contributed by atoms with Crippen molar-refractivity contribution in [3.05, 3.63) is 29.3 Å². The number of hydrogen-bond donors (Lipinski definition) is 0. The molecule has 1 aromatic rings. The van der Waals surface area contributed by atoms with E-state index in [-0.39, 0.29) is 25.0 Å². The highest BCUT2D eigenvalue weighted by molar-refractivity contribution is 6.30. The Bertz CT molecular complexity index is 432. The van der Waals surface area contributed by atoms with E-state index in [0.29, 0.717) is 17.4 Å². The first-order valence-corrected chi connectivity index (χ1v) is 7.88. The second kappa shape index (κ2) is 10.7. The summed E-state index contributed by atoms with van der Waals surface area (Å²) in [6.45, 7) is 3.40. The molecule has 4 nitrogen and oxygen atoms in total. The molecule has 0 N–H and O–H groups in total. The number of likely N-dealkylation sites (tertiary alicyclic amines) is 1. The van der Waals surface area contributed by atoms with E-state index in [9.17, 15) is 4.79 Å². The van der Waals surface area contributed by atoms with Gasteiger partial charge in [-0.1, -0.05) is 24.4 Å². The van der Waals surface area contributed by atoms with Gasteiger partial charge in [-0.25, -0.2) is 4.79 Å². The van der Waals surface area contributed by atoms with Crippen molar-refractivity contribution in [3.63, 3.8) is 0 Å². The average Bonchev–Trinajstić information content (AvgIpc) is 2.75. The van der Waals surface area contributed by atoms with Crippen molar-refractivity contribution in [1.29, 1.82) is 0 Å². The van der Waals surface area contributed by atoms with Gasteiger partial charge in [0.25, 0.3) is 0 Å². The smallest absolute Gasteiger partial charge is 0.344 e. The molecule has 6 heteroatoms. The average molecular weight is 348 g/mol. The maximum atomic E-state index is 11.6. The molecule has 1 aromatic carbocycles. The summed E-state index contributed by atoms with van der Waals surface area (Å²) < 4.78 is 10.5. The number of esters is 1. The lowest BCUT2D eigenvalue weighted by atomic mass is 10.2. The molecule has 1 aliphatic rings. The molecule has 2 rings (SSSR count). The Balaban J connectivity index is 0.00000242. The van der Waals surface area contributed by atoms with E-state index in [1.165, 1.54) is 25.7 Å². The Morgan fingerprint density at radius 2 is 1.73 bits per heavy atom. The molecule has 1 saturated heterocycles. The molecule has 1 fully saturated rings. The molecule has 0 unspecified atom stereocenters. The van der Waals surface area contributed by atoms with Gasteiger partial charge in [-0.15, -0.1) is 12.4 Å². The minimum atomic E-state index is -0.334. The molecule has 22 heavy (non-hydrogen) atoms. The molecule has 0 radical (unpaired) electrons. The van der Waals surface area contributed by atoms with E-state index in [0.717, 1.165) is 19.6 Å². The molecule has 124 valence electrons. The molecular weight excluding hydrogens is 325 g/mol. The van der Waals surface area contributed by atoms with Gasteiger partial charge in [-0.05, 0) is 50.2 Å². The first-order valence-electron chi connectivity index (χ1n) is 7.50. The van der Waals surface area contributed by atoms with Crippen molar-refractivity contribution in [3.8, 4) is 5.75 Å². The van der Waals surface area contributed by atoms with Crippen LogP contribution >= 0.6 is 24.0 Å². The van der Waals surface area contributed by atoms with E-state index in [1.54, 1.807) is 24.3 Å². The van der Waals surface area contributed by atoms with Gasteiger partial charge in [0, 0.05) is 11.6 Å². The lowest BCUT2D eigenvalue weighted by Crippen LogP contribution is -2.30. The topological polar surface area (TPSA) is 38.8 Å². The van der Waals surface area contributed by atoms with Crippen LogP contribution in [0.5, 0.6) is 5.75 Å². The van der Waals surface area contributed by atoms with E-state index >= 15 is 0 Å². The summed E-state index contributed by atoms with van der Waals surface area (Å²) in [6, 6.07) is 6.91. The zero-order valence-corrected chi connectivity index (χ0v) is 14.2. The second-order valence-corrected chi connectivity index (χ2v) is 5.66. The van der Waals surface area contributed by atoms with Crippen LogP contribution in [0, 0.1) is 0 Å². The largest absolute Gasteiger partial charge is 0.482 e. The van der Waals surface area contributed by atoms with Gasteiger partial charge in [-0.3, -0.25) is 4.90 Å². The molecule has 1 heterocycles. The fraction of sp³-hybridized carbons (Fsp3) is 0.562. The van der Waals surface area contributed by atoms with Crippen LogP contribution in [0.25, 0.3) is 0 Å². The SMILES string of the molecule is Cl.O=C(COc1ccc(Cl)cc1)OCCN1CCCCCC1. The Hall–Kier alpha value is -0.970. The molecule has 0 spiro atoms. The lowest BCUT2D eigenvalue weighted by Gasteiger charge is -2.19. The van der Waals surface area contributed by atoms with Gasteiger partial charge < -0.3 is 9.47 Å². The van der Waals surface area contributed by atoms with Crippen LogP contribution in [0.2, 0.25) is 5.02 Å². The van der Waals surface area contributed by atoms with Crippen molar-refractivity contribution in [2.45, 2.75) is 25.7 Å². The Morgan fingerprint density at radius 3 is 2.36 bits per heavy atom. The molecule has 0 amide bonds. The number of nitrogens with zero attached hydrogens (tertiary/aromatic N) is 1. The van der Waals surface area contributed by atoms with Crippen LogP contribution in [-0.2, 0) is 9.53 Å². The minimum Gasteiger partial charge on any atom is -0.482 e. The van der Waals surface area contributed by atoms with E-state index in [2.05, 4.69) is 4.90 Å². The van der Waals surface area contributed by atoms with Gasteiger partial charge in [0.15, 0.2) is 6.61 Å². The first-order chi connectivity index (χ1) is 10.2. The van der Waals surface area contributed by atoms with Crippen LogP contribution in [0.3, 0.4) is 0 Å². The normalized spacial score (nSPS) is 15.5. The standard InChI is InChI=1S/C16H22ClNO3.ClH/c17-14-5-7-15(8-6-14)21-13-16(19)20-12-11-18-9-3-1-2-4-10-18;/h5-8H,1-4,9-13H2;1H. The molecular formula is C16H23Cl2NO3. The summed E-state index contributed by atoms with van der Waals surface area (Å²) >= 11 is 5.78. The zero-order valence-electron chi connectivity index (χ0n) is 12.6. The molecule has 0 bridgehead atoms. The predicted molar refractivity (Wildman–Crippen MR) is 90.1 cm³/mol. The molecule has 0 aliphatic carbocycles. The van der Waals surface area contributed by atoms with Crippen LogP contribution in [0.15, 0.2) is 24.3 Å². The molecule has 0 aromatic heterocycles. The fourth-order valence-electron chi connectivity index (χ4n) is 2.36. The predicted octanol–water partition coefficient (Wildman–Crippen LogP) is 3.56. The number of hydrogen-bond acceptors (Lipinski definition) is 4. The molecule has 1 aliphatic heterocycles. The molecule has 0 atom stereocenters. The van der Waals surface area contributed by atoms with Crippen molar-refractivity contribution in [2.75, 3.05) is 32.8 Å². The van der Waals surface area contributed by atoms with Crippen LogP contribution in [0.1, 0.15) is 25.7 Å². The highest BCUT2D eigenvalue weighted by Gasteiger charge is 2.10. The quantitative estimate of drug-likeness (QED) is 0.737. The number of rotatable bonds is 6. The van der Waals surface area contributed by atoms with Crippen LogP contribution < -0.4 is 4.74 Å². The fourth-order valence-corrected chi connectivity index (χ4v) is 2.49. The highest BCUT2D eigenvalue weighted by atomic mass is 35.5. The third-order valence-electron chi connectivity index (χ3n) is 3.54. The van der Waals surface area contributed by atoms with Crippen molar-refractivity contribution < 1.29 is 14.3 Å². The van der Waals surface area contributed by atoms with Crippen molar-refractivity contribution in [2.24, 2.45) is 0 Å². The van der Waals surface area contributed by atoms with Crippen LogP contribution in [0.4, 0.5) is 0 Å². The van der Waals surface area contributed by atoms with Gasteiger partial charge in [0.1, 0.15) is 12.4 Å². The number of carbonyl (C=O) groups is 1. The van der Waals surface area contributed by atoms with Gasteiger partial charge >= 0.3 is 5.97 Å². The monoisotopic (exact) mass is 347 g/mol. The van der Waals surface area contributed by atoms with Gasteiger partial charge in [0.05, 0.1) is 0 Å². The second-order valence-electron chi connectivity index (χ2n) is 5.22. The zero-order chi connectivity index (χ0) is 14.9. The highest BCUT2D eigenvalue weighted by Crippen LogP contribution is 2.15. The first kappa shape index (κ1) is 19.1. The van der Waals surface area contributed by atoms with Crippen LogP contribution in [-0.4, -0.2) is 43.7 Å². The Morgan fingerprint density at radius 1 is 1.09 bits per heavy atom. The number of halogens is 2. The third kappa shape index (κ3) is 7.34. The van der Waals surface area contributed by atoms with Crippen molar-refractivity contribution in [1.82, 2.24) is 4.90 Å². The summed E-state index contributed by atoms with van der Waals surface area (Å²) in [4.78, 5) is 14.0. The van der Waals surface area contributed by atoms with Gasteiger partial charge in [0.2, 0.25) is 0 Å². The Labute approximate surface area is 143 Å². The summed E-state index contributed by atoms with van der Waals surface area (Å²) in [5, 5.41) is 0.641. The van der Waals surface area contributed by atoms with E-state index in [4.69, 9.17) is 21.1 Å². The number of benzene rings is 1. The molecule has 0 saturated carbocycles. The lowest BCUT2D eigenvalue weighted by molar-refractivity contribution is -0.146. The maximum absolute atomic E-state index is 11.6. The summed E-state index contributed by atoms with van der Waals surface area (Å²) in [7, 11) is 0. The summed E-state index contributed by atoms with van der Waals surface area (Å²) in [5.41, 5.74) is 0. The van der Waals surface area contributed by atoms with Gasteiger partial charge in [-0.2, -0.15) is 0 Å². The number of ether oxygens (including phenoxy) is 2. The van der Waals surface area contributed by atoms with E-state index in [1.807, 2.05) is 0 Å². The summed E-state index contributed by atoms with van der Waals surface area (Å²) in [5.74, 6) is 0.281.